The highest BCUT2D eigenvalue weighted by Crippen LogP contribution is 2.45. The van der Waals surface area contributed by atoms with Gasteiger partial charge in [-0.2, -0.15) is 0 Å². The topological polar surface area (TPSA) is 50.2 Å². The van der Waals surface area contributed by atoms with Crippen molar-refractivity contribution in [2.24, 2.45) is 13.0 Å². The lowest BCUT2D eigenvalue weighted by Gasteiger charge is -2.46. The normalized spacial score (nSPS) is 24.3. The number of hydrogen-bond acceptors (Lipinski definition) is 4. The van der Waals surface area contributed by atoms with E-state index in [-0.39, 0.29) is 11.8 Å². The summed E-state index contributed by atoms with van der Waals surface area (Å²) in [5.74, 6) is 0.517. The Bertz CT molecular complexity index is 1010. The van der Waals surface area contributed by atoms with E-state index in [0.717, 1.165) is 32.4 Å². The van der Waals surface area contributed by atoms with E-state index in [9.17, 15) is 4.79 Å². The molecule has 0 radical (unpaired) electrons. The van der Waals surface area contributed by atoms with Crippen LogP contribution in [-0.2, 0) is 18.3 Å². The van der Waals surface area contributed by atoms with E-state index in [2.05, 4.69) is 58.1 Å². The first kappa shape index (κ1) is 17.9. The predicted octanol–water partition coefficient (Wildman–Crippen LogP) is 4.01. The molecule has 2 aliphatic rings. The molecule has 1 fully saturated rings. The van der Waals surface area contributed by atoms with Crippen LogP contribution in [0.1, 0.15) is 36.8 Å². The van der Waals surface area contributed by atoms with E-state index in [1.165, 1.54) is 33.4 Å². The van der Waals surface area contributed by atoms with Crippen molar-refractivity contribution in [2.75, 3.05) is 18.4 Å². The molecule has 1 aliphatic heterocycles. The molecule has 5 nitrogen and oxygen atoms in total. The summed E-state index contributed by atoms with van der Waals surface area (Å²) in [4.78, 5) is 19.8. The summed E-state index contributed by atoms with van der Waals surface area (Å²) in [6.07, 6.45) is 7.14. The van der Waals surface area contributed by atoms with Crippen molar-refractivity contribution in [1.82, 2.24) is 14.5 Å². The van der Waals surface area contributed by atoms with Gasteiger partial charge in [-0.3, -0.25) is 9.69 Å². The number of thiazole rings is 1. The number of nitrogens with one attached hydrogen (secondary N) is 1. The Morgan fingerprint density at radius 1 is 1.39 bits per heavy atom. The molecule has 1 N–H and O–H groups in total. The molecule has 146 valence electrons. The molecule has 1 amide bonds. The number of benzene rings is 1. The summed E-state index contributed by atoms with van der Waals surface area (Å²) in [6.45, 7) is 4.11. The van der Waals surface area contributed by atoms with Gasteiger partial charge in [0, 0.05) is 54.2 Å². The fourth-order valence-corrected chi connectivity index (χ4v) is 5.83. The maximum absolute atomic E-state index is 13.0. The molecule has 3 aromatic rings. The van der Waals surface area contributed by atoms with Gasteiger partial charge in [0.15, 0.2) is 5.13 Å². The minimum absolute atomic E-state index is 0.00258. The summed E-state index contributed by atoms with van der Waals surface area (Å²) < 4.78 is 2.25. The maximum Gasteiger partial charge on any atom is 0.230 e. The van der Waals surface area contributed by atoms with Crippen LogP contribution in [0, 0.1) is 5.92 Å². The lowest BCUT2D eigenvalue weighted by atomic mass is 9.72. The smallest absolute Gasteiger partial charge is 0.230 e. The number of fused-ring (bicyclic) bond motifs is 2. The van der Waals surface area contributed by atoms with Gasteiger partial charge in [0.2, 0.25) is 5.91 Å². The fraction of sp³-hybridized carbons (Fsp3) is 0.455. The summed E-state index contributed by atoms with van der Waals surface area (Å²) in [5, 5.41) is 7.05. The van der Waals surface area contributed by atoms with Crippen molar-refractivity contribution in [3.05, 3.63) is 47.1 Å². The van der Waals surface area contributed by atoms with E-state index >= 15 is 0 Å². The first-order valence-electron chi connectivity index (χ1n) is 10.2. The highest BCUT2D eigenvalue weighted by molar-refractivity contribution is 7.13. The molecule has 6 heteroatoms. The Balaban J connectivity index is 1.50. The fourth-order valence-electron chi connectivity index (χ4n) is 5.30. The number of nitrogens with zero attached hydrogens (tertiary/aromatic N) is 3. The number of carbonyl (C=O) groups is 1. The quantitative estimate of drug-likeness (QED) is 0.727. The average Bonchev–Trinajstić information content (AvgIpc) is 3.31. The van der Waals surface area contributed by atoms with Gasteiger partial charge in [-0.25, -0.2) is 4.98 Å². The molecule has 1 saturated heterocycles. The van der Waals surface area contributed by atoms with Crippen LogP contribution in [0.4, 0.5) is 5.13 Å². The number of rotatable bonds is 4. The molecule has 3 atom stereocenters. The second kappa shape index (κ2) is 7.01. The zero-order chi connectivity index (χ0) is 19.3. The van der Waals surface area contributed by atoms with Crippen LogP contribution in [0.2, 0.25) is 0 Å². The number of aromatic nitrogens is 2. The summed E-state index contributed by atoms with van der Waals surface area (Å²) >= 11 is 1.48. The monoisotopic (exact) mass is 394 g/mol. The molecule has 28 heavy (non-hydrogen) atoms. The average molecular weight is 395 g/mol. The van der Waals surface area contributed by atoms with Crippen LogP contribution < -0.4 is 5.32 Å². The molecule has 2 aromatic heterocycles. The van der Waals surface area contributed by atoms with Gasteiger partial charge in [0.05, 0.1) is 5.92 Å². The van der Waals surface area contributed by atoms with E-state index in [1.54, 1.807) is 6.20 Å². The van der Waals surface area contributed by atoms with Gasteiger partial charge in [0.1, 0.15) is 0 Å². The van der Waals surface area contributed by atoms with Crippen molar-refractivity contribution < 1.29 is 4.79 Å². The Kier molecular flexibility index (Phi) is 4.48. The number of anilines is 1. The molecule has 1 aromatic carbocycles. The summed E-state index contributed by atoms with van der Waals surface area (Å²) in [7, 11) is 2.14. The second-order valence-corrected chi connectivity index (χ2v) is 9.03. The van der Waals surface area contributed by atoms with Crippen LogP contribution in [0.5, 0.6) is 0 Å². The van der Waals surface area contributed by atoms with Gasteiger partial charge in [-0.15, -0.1) is 11.3 Å². The van der Waals surface area contributed by atoms with Crippen molar-refractivity contribution in [3.8, 4) is 0 Å². The molecular formula is C22H26N4OS. The van der Waals surface area contributed by atoms with E-state index < -0.39 is 0 Å². The maximum atomic E-state index is 13.0. The van der Waals surface area contributed by atoms with Crippen LogP contribution in [0.15, 0.2) is 36.0 Å². The summed E-state index contributed by atoms with van der Waals surface area (Å²) in [6, 6.07) is 7.16. The standard InChI is InChI=1S/C22H26N4OS/c1-3-8-26-13-15(21(27)24-22-23-7-9-28-22)10-17-16-5-4-6-18-20(16)14(11-19(17)26)12-25(18)2/h4-7,9,12,15,17,19H,3,8,10-11,13H2,1-2H3,(H,23,24,27)/t15-,17-,19-/m1/s1. The minimum atomic E-state index is -0.00258. The number of amides is 1. The van der Waals surface area contributed by atoms with Gasteiger partial charge >= 0.3 is 0 Å². The highest BCUT2D eigenvalue weighted by atomic mass is 32.1. The number of aryl methyl sites for hydroxylation is 1. The zero-order valence-corrected chi connectivity index (χ0v) is 17.2. The summed E-state index contributed by atoms with van der Waals surface area (Å²) in [5.41, 5.74) is 4.20. The molecule has 0 unspecified atom stereocenters. The molecule has 0 spiro atoms. The number of hydrogen-bond donors (Lipinski definition) is 1. The van der Waals surface area contributed by atoms with E-state index in [4.69, 9.17) is 0 Å². The second-order valence-electron chi connectivity index (χ2n) is 8.14. The Morgan fingerprint density at radius 3 is 3.07 bits per heavy atom. The third-order valence-corrected chi connectivity index (χ3v) is 7.11. The molecule has 1 aliphatic carbocycles. The minimum Gasteiger partial charge on any atom is -0.350 e. The largest absolute Gasteiger partial charge is 0.350 e. The van der Waals surface area contributed by atoms with E-state index in [1.807, 2.05) is 5.38 Å². The molecule has 3 heterocycles. The zero-order valence-electron chi connectivity index (χ0n) is 16.4. The Morgan fingerprint density at radius 2 is 2.29 bits per heavy atom. The number of likely N-dealkylation sites (tertiary alicyclic amines) is 1. The van der Waals surface area contributed by atoms with Gasteiger partial charge in [-0.05, 0) is 43.0 Å². The van der Waals surface area contributed by atoms with Crippen molar-refractivity contribution in [1.29, 1.82) is 0 Å². The first-order valence-corrected chi connectivity index (χ1v) is 11.0. The molecule has 5 rings (SSSR count). The lowest BCUT2D eigenvalue weighted by molar-refractivity contribution is -0.122. The van der Waals surface area contributed by atoms with Crippen LogP contribution in [0.25, 0.3) is 10.9 Å². The van der Waals surface area contributed by atoms with Gasteiger partial charge in [0.25, 0.3) is 0 Å². The molecule has 0 bridgehead atoms. The molecule has 0 saturated carbocycles. The first-order chi connectivity index (χ1) is 13.7. The number of carbonyl (C=O) groups excluding carboxylic acids is 1. The molecular weight excluding hydrogens is 368 g/mol. The van der Waals surface area contributed by atoms with Crippen molar-refractivity contribution in [3.63, 3.8) is 0 Å². The van der Waals surface area contributed by atoms with Crippen molar-refractivity contribution in [2.45, 2.75) is 38.1 Å². The van der Waals surface area contributed by atoms with Crippen LogP contribution in [-0.4, -0.2) is 39.5 Å². The number of piperidine rings is 1. The van der Waals surface area contributed by atoms with Gasteiger partial charge in [-0.1, -0.05) is 19.1 Å². The Labute approximate surface area is 169 Å². The van der Waals surface area contributed by atoms with Crippen LogP contribution in [0.3, 0.4) is 0 Å². The van der Waals surface area contributed by atoms with Crippen molar-refractivity contribution >= 4 is 33.3 Å². The van der Waals surface area contributed by atoms with E-state index in [0.29, 0.717) is 17.1 Å². The predicted molar refractivity (Wildman–Crippen MR) is 114 cm³/mol. The third kappa shape index (κ3) is 2.86. The Hall–Kier alpha value is -2.18. The lowest BCUT2D eigenvalue weighted by Crippen LogP contribution is -2.52. The van der Waals surface area contributed by atoms with Crippen LogP contribution >= 0.6 is 11.3 Å². The highest BCUT2D eigenvalue weighted by Gasteiger charge is 2.42. The SMILES string of the molecule is CCCN1C[C@H](C(=O)Nc2nccs2)C[C@@H]2c3cccc4c3c(cn4C)C[C@H]21. The third-order valence-electron chi connectivity index (χ3n) is 6.42. The van der Waals surface area contributed by atoms with Gasteiger partial charge < -0.3 is 9.88 Å².